The molecule has 0 saturated heterocycles. The van der Waals surface area contributed by atoms with E-state index in [-0.39, 0.29) is 21.7 Å². The van der Waals surface area contributed by atoms with Gasteiger partial charge in [-0.25, -0.2) is 8.42 Å². The molecule has 0 spiro atoms. The molecule has 4 aromatic rings. The summed E-state index contributed by atoms with van der Waals surface area (Å²) in [6.45, 7) is 0. The van der Waals surface area contributed by atoms with Gasteiger partial charge in [0, 0.05) is 16.8 Å². The Morgan fingerprint density at radius 1 is 1.07 bits per heavy atom. The van der Waals surface area contributed by atoms with Crippen LogP contribution in [-0.2, 0) is 9.84 Å². The van der Waals surface area contributed by atoms with Crippen molar-refractivity contribution in [1.29, 1.82) is 0 Å². The Morgan fingerprint density at radius 3 is 2.55 bits per heavy atom. The molecular weight excluding hydrogens is 416 g/mol. The van der Waals surface area contributed by atoms with Crippen LogP contribution < -0.4 is 10.1 Å². The molecule has 0 radical (unpaired) electrons. The topological polar surface area (TPSA) is 94.6 Å². The largest absolute Gasteiger partial charge is 0.497 e. The summed E-state index contributed by atoms with van der Waals surface area (Å²) in [5.41, 5.74) is 0.569. The summed E-state index contributed by atoms with van der Waals surface area (Å²) < 4.78 is 42.6. The number of hydrogen-bond acceptors (Lipinski definition) is 7. The van der Waals surface area contributed by atoms with Crippen LogP contribution in [0, 0.1) is 0 Å². The zero-order chi connectivity index (χ0) is 20.4. The Balaban J connectivity index is 1.82. The van der Waals surface area contributed by atoms with Crippen LogP contribution in [0.4, 0.5) is 11.6 Å². The molecule has 0 aliphatic rings. The molecule has 0 aliphatic heterocycles. The van der Waals surface area contributed by atoms with Gasteiger partial charge in [0.15, 0.2) is 5.76 Å². The molecule has 7 nitrogen and oxygen atoms in total. The van der Waals surface area contributed by atoms with Crippen LogP contribution in [0.25, 0.3) is 11.7 Å². The van der Waals surface area contributed by atoms with Crippen LogP contribution in [0.1, 0.15) is 0 Å². The summed E-state index contributed by atoms with van der Waals surface area (Å²) in [5, 5.41) is 3.12. The molecule has 2 aromatic carbocycles. The lowest BCUT2D eigenvalue weighted by Crippen LogP contribution is -2.05. The molecule has 29 heavy (non-hydrogen) atoms. The number of methoxy groups -OCH3 is 1. The first-order valence-corrected chi connectivity index (χ1v) is 10.3. The summed E-state index contributed by atoms with van der Waals surface area (Å²) in [7, 11) is -2.45. The molecule has 4 rings (SSSR count). The number of ether oxygens (including phenoxy) is 1. The summed E-state index contributed by atoms with van der Waals surface area (Å²) >= 11 is 5.88. The zero-order valence-corrected chi connectivity index (χ0v) is 16.7. The van der Waals surface area contributed by atoms with Crippen LogP contribution in [0.3, 0.4) is 0 Å². The van der Waals surface area contributed by atoms with Gasteiger partial charge in [-0.3, -0.25) is 0 Å². The molecule has 0 atom stereocenters. The third-order valence-corrected chi connectivity index (χ3v) is 5.96. The van der Waals surface area contributed by atoms with E-state index in [4.69, 9.17) is 25.2 Å². The number of anilines is 2. The van der Waals surface area contributed by atoms with E-state index in [0.29, 0.717) is 22.2 Å². The number of aromatic nitrogens is 1. The lowest BCUT2D eigenvalue weighted by Gasteiger charge is -2.07. The Hall–Kier alpha value is -3.23. The van der Waals surface area contributed by atoms with E-state index in [1.54, 1.807) is 43.5 Å². The fourth-order valence-corrected chi connectivity index (χ4v) is 4.01. The highest BCUT2D eigenvalue weighted by molar-refractivity contribution is 7.91. The van der Waals surface area contributed by atoms with Crippen LogP contribution >= 0.6 is 11.6 Å². The van der Waals surface area contributed by atoms with Gasteiger partial charge in [-0.2, -0.15) is 4.98 Å². The lowest BCUT2D eigenvalue weighted by molar-refractivity contribution is 0.415. The van der Waals surface area contributed by atoms with E-state index in [1.165, 1.54) is 30.5 Å². The van der Waals surface area contributed by atoms with Gasteiger partial charge in [0.05, 0.1) is 18.3 Å². The maximum atomic E-state index is 13.2. The second-order valence-corrected chi connectivity index (χ2v) is 8.25. The third-order valence-electron chi connectivity index (χ3n) is 4.03. The smallest absolute Gasteiger partial charge is 0.266 e. The highest BCUT2D eigenvalue weighted by Crippen LogP contribution is 2.35. The Morgan fingerprint density at radius 2 is 1.86 bits per heavy atom. The van der Waals surface area contributed by atoms with Crippen molar-refractivity contribution in [3.05, 3.63) is 71.9 Å². The predicted molar refractivity (Wildman–Crippen MR) is 107 cm³/mol. The highest BCUT2D eigenvalue weighted by Gasteiger charge is 2.29. The fraction of sp³-hybridized carbons (Fsp3) is 0.0500. The second-order valence-electron chi connectivity index (χ2n) is 5.94. The molecule has 2 aromatic heterocycles. The van der Waals surface area contributed by atoms with Crippen molar-refractivity contribution >= 4 is 33.0 Å². The van der Waals surface area contributed by atoms with Gasteiger partial charge >= 0.3 is 0 Å². The van der Waals surface area contributed by atoms with Crippen molar-refractivity contribution in [2.45, 2.75) is 9.92 Å². The average molecular weight is 431 g/mol. The third kappa shape index (κ3) is 3.85. The minimum absolute atomic E-state index is 0.0351. The highest BCUT2D eigenvalue weighted by atomic mass is 35.5. The molecule has 0 saturated carbocycles. The lowest BCUT2D eigenvalue weighted by atomic mass is 10.3. The van der Waals surface area contributed by atoms with E-state index in [1.807, 2.05) is 0 Å². The number of furan rings is 1. The van der Waals surface area contributed by atoms with Crippen molar-refractivity contribution in [2.24, 2.45) is 0 Å². The van der Waals surface area contributed by atoms with Gasteiger partial charge in [-0.15, -0.1) is 0 Å². The first-order valence-electron chi connectivity index (χ1n) is 8.44. The maximum absolute atomic E-state index is 13.2. The van der Waals surface area contributed by atoms with Crippen LogP contribution in [0.2, 0.25) is 5.02 Å². The number of sulfone groups is 1. The molecule has 0 aliphatic carbocycles. The predicted octanol–water partition coefficient (Wildman–Crippen LogP) is 5.17. The van der Waals surface area contributed by atoms with Gasteiger partial charge in [-0.05, 0) is 48.5 Å². The van der Waals surface area contributed by atoms with Gasteiger partial charge in [0.2, 0.25) is 20.7 Å². The molecule has 148 valence electrons. The van der Waals surface area contributed by atoms with Gasteiger partial charge in [-0.1, -0.05) is 17.7 Å². The minimum atomic E-state index is -3.99. The molecule has 0 fully saturated rings. The Labute approximate surface area is 171 Å². The summed E-state index contributed by atoms with van der Waals surface area (Å²) in [5.74, 6) is 0.895. The van der Waals surface area contributed by atoms with E-state index < -0.39 is 9.84 Å². The van der Waals surface area contributed by atoms with Crippen molar-refractivity contribution in [3.63, 3.8) is 0 Å². The standard InChI is InChI=1S/C20H15ClN2O5S/c1-26-15-5-2-4-14(12-15)22-19-20(23-18(28-19)17-6-3-11-27-17)29(24,25)16-9-7-13(21)8-10-16/h2-12,22H,1H3. The normalized spacial score (nSPS) is 11.4. The van der Waals surface area contributed by atoms with Crippen LogP contribution in [-0.4, -0.2) is 20.5 Å². The van der Waals surface area contributed by atoms with E-state index in [2.05, 4.69) is 10.3 Å². The van der Waals surface area contributed by atoms with E-state index >= 15 is 0 Å². The zero-order valence-electron chi connectivity index (χ0n) is 15.1. The number of benzene rings is 2. The molecule has 1 N–H and O–H groups in total. The van der Waals surface area contributed by atoms with E-state index in [0.717, 1.165) is 0 Å². The SMILES string of the molecule is COc1cccc(Nc2oc(-c3ccco3)nc2S(=O)(=O)c2ccc(Cl)cc2)c1. The number of nitrogens with zero attached hydrogens (tertiary/aromatic N) is 1. The Kier molecular flexibility index (Phi) is 5.04. The second kappa shape index (κ2) is 7.65. The van der Waals surface area contributed by atoms with Crippen LogP contribution in [0.15, 0.2) is 85.7 Å². The van der Waals surface area contributed by atoms with Gasteiger partial charge in [0.25, 0.3) is 5.89 Å². The molecule has 0 unspecified atom stereocenters. The summed E-state index contributed by atoms with van der Waals surface area (Å²) in [6, 6.07) is 16.1. The number of rotatable bonds is 6. The monoisotopic (exact) mass is 430 g/mol. The molecular formula is C20H15ClN2O5S. The fourth-order valence-electron chi connectivity index (χ4n) is 2.63. The maximum Gasteiger partial charge on any atom is 0.266 e. The Bertz CT molecular complexity index is 1230. The first kappa shape index (κ1) is 19.1. The van der Waals surface area contributed by atoms with Crippen molar-refractivity contribution in [3.8, 4) is 17.4 Å². The number of hydrogen-bond donors (Lipinski definition) is 1. The molecule has 9 heteroatoms. The average Bonchev–Trinajstić information content (AvgIpc) is 3.38. The minimum Gasteiger partial charge on any atom is -0.497 e. The number of halogens is 1. The number of nitrogens with one attached hydrogen (secondary N) is 1. The van der Waals surface area contributed by atoms with Gasteiger partial charge < -0.3 is 18.9 Å². The van der Waals surface area contributed by atoms with Crippen LogP contribution in [0.5, 0.6) is 5.75 Å². The summed E-state index contributed by atoms with van der Waals surface area (Å²) in [6.07, 6.45) is 1.45. The molecule has 2 heterocycles. The molecule has 0 bridgehead atoms. The van der Waals surface area contributed by atoms with E-state index in [9.17, 15) is 8.42 Å². The first-order chi connectivity index (χ1) is 14.0. The summed E-state index contributed by atoms with van der Waals surface area (Å²) in [4.78, 5) is 4.22. The van der Waals surface area contributed by atoms with Crippen molar-refractivity contribution in [2.75, 3.05) is 12.4 Å². The van der Waals surface area contributed by atoms with Gasteiger partial charge in [0.1, 0.15) is 5.75 Å². The van der Waals surface area contributed by atoms with Crippen molar-refractivity contribution in [1.82, 2.24) is 4.98 Å². The van der Waals surface area contributed by atoms with Crippen molar-refractivity contribution < 1.29 is 22.0 Å². The quantitative estimate of drug-likeness (QED) is 0.450. The molecule has 0 amide bonds. The number of oxazole rings is 1.